The van der Waals surface area contributed by atoms with Crippen LogP contribution in [-0.2, 0) is 28.6 Å². The van der Waals surface area contributed by atoms with E-state index < -0.39 is 6.10 Å². The second-order valence-electron chi connectivity index (χ2n) is 25.6. The lowest BCUT2D eigenvalue weighted by molar-refractivity contribution is -0.167. The molecule has 0 aromatic heterocycles. The molecule has 0 saturated heterocycles. The molecule has 0 aliphatic heterocycles. The second kappa shape index (κ2) is 70.6. The summed E-state index contributed by atoms with van der Waals surface area (Å²) in [4.78, 5) is 38.5. The third kappa shape index (κ3) is 68.8. The summed E-state index contributed by atoms with van der Waals surface area (Å²) in [5.74, 6) is -0.823. The number of rotatable bonds is 70. The molecule has 81 heavy (non-hydrogen) atoms. The van der Waals surface area contributed by atoms with Gasteiger partial charge in [0, 0.05) is 19.3 Å². The quantitative estimate of drug-likeness (QED) is 0.0261. The Kier molecular flexibility index (Phi) is 69.0. The molecule has 0 N–H and O–H groups in total. The van der Waals surface area contributed by atoms with Crippen molar-refractivity contribution in [3.05, 3.63) is 12.2 Å². The molecule has 0 fully saturated rings. The van der Waals surface area contributed by atoms with E-state index in [4.69, 9.17) is 14.2 Å². The van der Waals surface area contributed by atoms with E-state index in [1.807, 2.05) is 0 Å². The molecule has 0 aromatic carbocycles. The van der Waals surface area contributed by atoms with Gasteiger partial charge in [0.1, 0.15) is 13.2 Å². The van der Waals surface area contributed by atoms with Crippen LogP contribution in [-0.4, -0.2) is 37.2 Å². The molecule has 480 valence electrons. The number of carbonyl (C=O) groups is 3. The molecular formula is C75H144O6. The van der Waals surface area contributed by atoms with Gasteiger partial charge in [-0.3, -0.25) is 14.4 Å². The first-order valence-corrected chi connectivity index (χ1v) is 37.2. The average molecular weight is 1140 g/mol. The number of carbonyl (C=O) groups excluding carboxylic acids is 3. The Labute approximate surface area is 507 Å². The maximum absolute atomic E-state index is 13.0. The first kappa shape index (κ1) is 79.2. The topological polar surface area (TPSA) is 78.9 Å². The number of ether oxygens (including phenoxy) is 3. The first-order valence-electron chi connectivity index (χ1n) is 37.2. The summed E-state index contributed by atoms with van der Waals surface area (Å²) in [7, 11) is 0. The summed E-state index contributed by atoms with van der Waals surface area (Å²) in [5.41, 5.74) is 0. The predicted molar refractivity (Wildman–Crippen MR) is 353 cm³/mol. The Hall–Kier alpha value is -1.85. The molecule has 0 bridgehead atoms. The number of allylic oxidation sites excluding steroid dienone is 2. The van der Waals surface area contributed by atoms with Crippen LogP contribution in [0.15, 0.2) is 12.2 Å². The molecule has 6 nitrogen and oxygen atoms in total. The molecule has 0 aromatic rings. The van der Waals surface area contributed by atoms with E-state index in [2.05, 4.69) is 32.9 Å². The highest BCUT2D eigenvalue weighted by atomic mass is 16.6. The molecule has 0 spiro atoms. The minimum atomic E-state index is -0.767. The van der Waals surface area contributed by atoms with E-state index in [1.165, 1.54) is 334 Å². The number of esters is 3. The highest BCUT2D eigenvalue weighted by molar-refractivity contribution is 5.71. The fourth-order valence-corrected chi connectivity index (χ4v) is 11.7. The zero-order valence-corrected chi connectivity index (χ0v) is 55.4. The summed E-state index contributed by atoms with van der Waals surface area (Å²) in [6.07, 6.45) is 85.3. The standard InChI is InChI=1S/C75H144O6/c1-4-7-10-13-16-19-22-25-28-31-33-35-37-39-41-44-47-50-53-56-59-62-65-68-74(77)80-71-72(70-79-73(76)67-64-61-58-55-52-49-46-43-30-27-24-21-18-15-12-9-6-3)81-75(78)69-66-63-60-57-54-51-48-45-42-40-38-36-34-32-29-26-23-20-17-14-11-8-5-2/h31,33,72H,4-30,32,34-71H2,1-3H3/b33-31-. The highest BCUT2D eigenvalue weighted by Gasteiger charge is 2.20. The molecule has 0 aliphatic carbocycles. The highest BCUT2D eigenvalue weighted by Crippen LogP contribution is 2.19. The SMILES string of the molecule is CCCCCCCCCC/C=C\CCCCCCCCCCCCCC(=O)OCC(COC(=O)CCCCCCCCCCCCCCCCCCC)OC(=O)CCCCCCCCCCCCCCCCCCCCCCCCC. The molecule has 0 saturated carbocycles. The predicted octanol–water partition coefficient (Wildman–Crippen LogP) is 25.6. The van der Waals surface area contributed by atoms with Crippen molar-refractivity contribution < 1.29 is 28.6 Å². The zero-order valence-electron chi connectivity index (χ0n) is 55.4. The summed E-state index contributed by atoms with van der Waals surface area (Å²) < 4.78 is 17.0. The van der Waals surface area contributed by atoms with Crippen LogP contribution >= 0.6 is 0 Å². The van der Waals surface area contributed by atoms with E-state index in [0.717, 1.165) is 57.8 Å². The Balaban J connectivity index is 4.26. The fourth-order valence-electron chi connectivity index (χ4n) is 11.7. The third-order valence-electron chi connectivity index (χ3n) is 17.3. The summed E-state index contributed by atoms with van der Waals surface area (Å²) in [5, 5.41) is 0. The molecule has 6 heteroatoms. The maximum Gasteiger partial charge on any atom is 0.306 e. The van der Waals surface area contributed by atoms with Gasteiger partial charge in [0.25, 0.3) is 0 Å². The summed E-state index contributed by atoms with van der Waals surface area (Å²) >= 11 is 0. The largest absolute Gasteiger partial charge is 0.462 e. The minimum Gasteiger partial charge on any atom is -0.462 e. The van der Waals surface area contributed by atoms with Crippen LogP contribution in [0.4, 0.5) is 0 Å². The molecule has 0 aliphatic rings. The van der Waals surface area contributed by atoms with Gasteiger partial charge in [-0.05, 0) is 44.9 Å². The van der Waals surface area contributed by atoms with Gasteiger partial charge < -0.3 is 14.2 Å². The lowest BCUT2D eigenvalue weighted by Gasteiger charge is -2.18. The molecular weight excluding hydrogens is 997 g/mol. The lowest BCUT2D eigenvalue weighted by atomic mass is 10.0. The van der Waals surface area contributed by atoms with Crippen LogP contribution in [0, 0.1) is 0 Å². The van der Waals surface area contributed by atoms with E-state index in [0.29, 0.717) is 19.3 Å². The van der Waals surface area contributed by atoms with Crippen LogP contribution in [0.3, 0.4) is 0 Å². The van der Waals surface area contributed by atoms with Crippen molar-refractivity contribution in [2.45, 2.75) is 438 Å². The number of unbranched alkanes of at least 4 members (excludes halogenated alkanes) is 57. The van der Waals surface area contributed by atoms with E-state index >= 15 is 0 Å². The van der Waals surface area contributed by atoms with Crippen LogP contribution in [0.25, 0.3) is 0 Å². The van der Waals surface area contributed by atoms with Crippen molar-refractivity contribution in [3.63, 3.8) is 0 Å². The van der Waals surface area contributed by atoms with Crippen molar-refractivity contribution in [2.75, 3.05) is 13.2 Å². The van der Waals surface area contributed by atoms with Crippen LogP contribution in [0.5, 0.6) is 0 Å². The van der Waals surface area contributed by atoms with Crippen LogP contribution in [0.1, 0.15) is 432 Å². The fraction of sp³-hybridized carbons (Fsp3) is 0.933. The normalized spacial score (nSPS) is 12.0. The van der Waals surface area contributed by atoms with Crippen molar-refractivity contribution in [3.8, 4) is 0 Å². The monoisotopic (exact) mass is 1140 g/mol. The smallest absolute Gasteiger partial charge is 0.306 e. The van der Waals surface area contributed by atoms with Gasteiger partial charge in [0.05, 0.1) is 0 Å². The molecule has 0 radical (unpaired) electrons. The molecule has 0 heterocycles. The Morgan fingerprint density at radius 3 is 0.617 bits per heavy atom. The van der Waals surface area contributed by atoms with Gasteiger partial charge in [-0.15, -0.1) is 0 Å². The molecule has 1 unspecified atom stereocenters. The number of hydrogen-bond donors (Lipinski definition) is 0. The lowest BCUT2D eigenvalue weighted by Crippen LogP contribution is -2.30. The minimum absolute atomic E-state index is 0.0625. The summed E-state index contributed by atoms with van der Waals surface area (Å²) in [6.45, 7) is 6.75. The van der Waals surface area contributed by atoms with Gasteiger partial charge in [0.15, 0.2) is 6.10 Å². The average Bonchev–Trinajstić information content (AvgIpc) is 3.47. The van der Waals surface area contributed by atoms with E-state index in [-0.39, 0.29) is 31.1 Å². The van der Waals surface area contributed by atoms with Crippen molar-refractivity contribution >= 4 is 17.9 Å². The second-order valence-corrected chi connectivity index (χ2v) is 25.6. The van der Waals surface area contributed by atoms with Crippen molar-refractivity contribution in [2.24, 2.45) is 0 Å². The molecule has 1 atom stereocenters. The maximum atomic E-state index is 13.0. The molecule has 0 amide bonds. The first-order chi connectivity index (χ1) is 40.0. The summed E-state index contributed by atoms with van der Waals surface area (Å²) in [6, 6.07) is 0. The molecule has 0 rings (SSSR count). The zero-order chi connectivity index (χ0) is 58.5. The van der Waals surface area contributed by atoms with Crippen LogP contribution in [0.2, 0.25) is 0 Å². The van der Waals surface area contributed by atoms with Crippen LogP contribution < -0.4 is 0 Å². The van der Waals surface area contributed by atoms with Crippen molar-refractivity contribution in [1.29, 1.82) is 0 Å². The Morgan fingerprint density at radius 1 is 0.235 bits per heavy atom. The van der Waals surface area contributed by atoms with E-state index in [9.17, 15) is 14.4 Å². The van der Waals surface area contributed by atoms with Crippen molar-refractivity contribution in [1.82, 2.24) is 0 Å². The van der Waals surface area contributed by atoms with Gasteiger partial charge in [-0.2, -0.15) is 0 Å². The van der Waals surface area contributed by atoms with Gasteiger partial charge >= 0.3 is 17.9 Å². The third-order valence-corrected chi connectivity index (χ3v) is 17.3. The Morgan fingerprint density at radius 2 is 0.407 bits per heavy atom. The van der Waals surface area contributed by atoms with E-state index in [1.54, 1.807) is 0 Å². The van der Waals surface area contributed by atoms with Gasteiger partial charge in [0.2, 0.25) is 0 Å². The number of hydrogen-bond acceptors (Lipinski definition) is 6. The van der Waals surface area contributed by atoms with Gasteiger partial charge in [-0.25, -0.2) is 0 Å². The Bertz CT molecular complexity index is 1260. The van der Waals surface area contributed by atoms with Gasteiger partial charge in [-0.1, -0.05) is 380 Å².